The molecule has 0 aliphatic carbocycles. The Balaban J connectivity index is 2.55. The number of carbonyl (C=O) groups excluding carboxylic acids is 1. The largest absolute Gasteiger partial charge is 0.497 e. The van der Waals surface area contributed by atoms with Crippen LogP contribution in [0.4, 0.5) is 4.79 Å². The standard InChI is InChI=1S/C13H18N2O4/c1-14-13(18)15-11(12(16)17)8-5-9-3-6-10(19-2)7-4-9/h3-4,6-7,11H,5,8H2,1-2H3,(H,16,17)(H2,14,15,18)/t11-/m0/s1. The van der Waals surface area contributed by atoms with Gasteiger partial charge < -0.3 is 20.5 Å². The Labute approximate surface area is 111 Å². The number of urea groups is 1. The summed E-state index contributed by atoms with van der Waals surface area (Å²) in [5.74, 6) is -0.292. The van der Waals surface area contributed by atoms with Gasteiger partial charge in [-0.1, -0.05) is 12.1 Å². The molecule has 0 aliphatic rings. The van der Waals surface area contributed by atoms with Crippen molar-refractivity contribution in [1.29, 1.82) is 0 Å². The monoisotopic (exact) mass is 266 g/mol. The third kappa shape index (κ3) is 4.87. The molecule has 6 heteroatoms. The van der Waals surface area contributed by atoms with E-state index in [-0.39, 0.29) is 0 Å². The molecule has 0 heterocycles. The first kappa shape index (κ1) is 14.8. The number of methoxy groups -OCH3 is 1. The number of carboxylic acids is 1. The van der Waals surface area contributed by atoms with Crippen molar-refractivity contribution in [2.45, 2.75) is 18.9 Å². The summed E-state index contributed by atoms with van der Waals surface area (Å²) in [5, 5.41) is 13.7. The molecule has 0 radical (unpaired) electrons. The quantitative estimate of drug-likeness (QED) is 0.717. The van der Waals surface area contributed by atoms with Crippen molar-refractivity contribution < 1.29 is 19.4 Å². The number of carbonyl (C=O) groups is 2. The number of nitrogens with one attached hydrogen (secondary N) is 2. The fourth-order valence-corrected chi connectivity index (χ4v) is 1.59. The van der Waals surface area contributed by atoms with Gasteiger partial charge in [0.15, 0.2) is 0 Å². The molecular formula is C13H18N2O4. The average molecular weight is 266 g/mol. The Bertz CT molecular complexity index is 431. The van der Waals surface area contributed by atoms with Gasteiger partial charge in [0.1, 0.15) is 11.8 Å². The van der Waals surface area contributed by atoms with E-state index in [0.717, 1.165) is 11.3 Å². The maximum atomic E-state index is 11.1. The molecule has 104 valence electrons. The number of aryl methyl sites for hydroxylation is 1. The molecule has 1 atom stereocenters. The molecule has 0 saturated carbocycles. The lowest BCUT2D eigenvalue weighted by Gasteiger charge is -2.14. The Kier molecular flexibility index (Phi) is 5.66. The van der Waals surface area contributed by atoms with Crippen LogP contribution in [0, 0.1) is 0 Å². The van der Waals surface area contributed by atoms with Crippen molar-refractivity contribution in [3.8, 4) is 5.75 Å². The molecule has 0 unspecified atom stereocenters. The predicted octanol–water partition coefficient (Wildman–Crippen LogP) is 1.01. The lowest BCUT2D eigenvalue weighted by Crippen LogP contribution is -2.45. The summed E-state index contributed by atoms with van der Waals surface area (Å²) in [6.07, 6.45) is 0.889. The Morgan fingerprint density at radius 2 is 1.95 bits per heavy atom. The molecule has 0 aliphatic heterocycles. The summed E-state index contributed by atoms with van der Waals surface area (Å²) in [6, 6.07) is 5.98. The van der Waals surface area contributed by atoms with Crippen LogP contribution in [0.2, 0.25) is 0 Å². The molecule has 2 amide bonds. The molecule has 0 spiro atoms. The topological polar surface area (TPSA) is 87.7 Å². The van der Waals surface area contributed by atoms with Gasteiger partial charge in [-0.3, -0.25) is 0 Å². The van der Waals surface area contributed by atoms with Crippen LogP contribution >= 0.6 is 0 Å². The maximum absolute atomic E-state index is 11.1. The number of hydrogen-bond donors (Lipinski definition) is 3. The summed E-state index contributed by atoms with van der Waals surface area (Å²) in [4.78, 5) is 22.1. The third-order valence-electron chi connectivity index (χ3n) is 2.71. The molecular weight excluding hydrogens is 248 g/mol. The van der Waals surface area contributed by atoms with E-state index in [9.17, 15) is 9.59 Å². The van der Waals surface area contributed by atoms with Gasteiger partial charge in [-0.25, -0.2) is 9.59 Å². The normalized spacial score (nSPS) is 11.5. The van der Waals surface area contributed by atoms with Gasteiger partial charge in [0.05, 0.1) is 7.11 Å². The van der Waals surface area contributed by atoms with Crippen LogP contribution in [0.25, 0.3) is 0 Å². The van der Waals surface area contributed by atoms with E-state index >= 15 is 0 Å². The minimum absolute atomic E-state index is 0.328. The fraction of sp³-hybridized carbons (Fsp3) is 0.385. The van der Waals surface area contributed by atoms with E-state index < -0.39 is 18.0 Å². The number of hydrogen-bond acceptors (Lipinski definition) is 3. The molecule has 3 N–H and O–H groups in total. The summed E-state index contributed by atoms with van der Waals surface area (Å²) in [5.41, 5.74) is 0.991. The van der Waals surface area contributed by atoms with Crippen LogP contribution in [-0.2, 0) is 11.2 Å². The predicted molar refractivity (Wildman–Crippen MR) is 70.3 cm³/mol. The molecule has 0 aromatic heterocycles. The van der Waals surface area contributed by atoms with E-state index in [2.05, 4.69) is 10.6 Å². The average Bonchev–Trinajstić information content (AvgIpc) is 2.43. The van der Waals surface area contributed by atoms with E-state index in [1.54, 1.807) is 7.11 Å². The Morgan fingerprint density at radius 3 is 2.42 bits per heavy atom. The van der Waals surface area contributed by atoms with Crippen molar-refractivity contribution in [3.63, 3.8) is 0 Å². The highest BCUT2D eigenvalue weighted by molar-refractivity contribution is 5.82. The number of carboxylic acid groups (broad SMARTS) is 1. The van der Waals surface area contributed by atoms with Gasteiger partial charge in [-0.05, 0) is 30.5 Å². The summed E-state index contributed by atoms with van der Waals surface area (Å²) in [7, 11) is 3.03. The number of amides is 2. The third-order valence-corrected chi connectivity index (χ3v) is 2.71. The Morgan fingerprint density at radius 1 is 1.32 bits per heavy atom. The van der Waals surface area contributed by atoms with Gasteiger partial charge >= 0.3 is 12.0 Å². The van der Waals surface area contributed by atoms with Crippen molar-refractivity contribution in [2.24, 2.45) is 0 Å². The highest BCUT2D eigenvalue weighted by Gasteiger charge is 2.18. The van der Waals surface area contributed by atoms with Gasteiger partial charge in [0.25, 0.3) is 0 Å². The SMILES string of the molecule is CNC(=O)N[C@@H](CCc1ccc(OC)cc1)C(=O)O. The highest BCUT2D eigenvalue weighted by Crippen LogP contribution is 2.13. The molecule has 1 rings (SSSR count). The maximum Gasteiger partial charge on any atom is 0.326 e. The molecule has 0 bridgehead atoms. The smallest absolute Gasteiger partial charge is 0.326 e. The van der Waals surface area contributed by atoms with E-state index in [0.29, 0.717) is 12.8 Å². The van der Waals surface area contributed by atoms with Gasteiger partial charge in [0, 0.05) is 7.05 Å². The second kappa shape index (κ2) is 7.25. The number of rotatable bonds is 6. The molecule has 19 heavy (non-hydrogen) atoms. The molecule has 6 nitrogen and oxygen atoms in total. The minimum atomic E-state index is -1.04. The summed E-state index contributed by atoms with van der Waals surface area (Å²) < 4.78 is 5.04. The number of benzene rings is 1. The van der Waals surface area contributed by atoms with Crippen LogP contribution in [0.1, 0.15) is 12.0 Å². The summed E-state index contributed by atoms with van der Waals surface area (Å²) >= 11 is 0. The zero-order chi connectivity index (χ0) is 14.3. The van der Waals surface area contributed by atoms with Gasteiger partial charge in [-0.2, -0.15) is 0 Å². The van der Waals surface area contributed by atoms with Crippen LogP contribution in [0.5, 0.6) is 5.75 Å². The molecule has 0 fully saturated rings. The minimum Gasteiger partial charge on any atom is -0.497 e. The van der Waals surface area contributed by atoms with Crippen molar-refractivity contribution >= 4 is 12.0 Å². The molecule has 1 aromatic rings. The lowest BCUT2D eigenvalue weighted by molar-refractivity contribution is -0.139. The Hall–Kier alpha value is -2.24. The van der Waals surface area contributed by atoms with Crippen LogP contribution < -0.4 is 15.4 Å². The van der Waals surface area contributed by atoms with Crippen molar-refractivity contribution in [1.82, 2.24) is 10.6 Å². The second-order valence-corrected chi connectivity index (χ2v) is 4.00. The fourth-order valence-electron chi connectivity index (χ4n) is 1.59. The van der Waals surface area contributed by atoms with Crippen LogP contribution in [0.3, 0.4) is 0 Å². The first-order valence-electron chi connectivity index (χ1n) is 5.90. The van der Waals surface area contributed by atoms with E-state index in [1.807, 2.05) is 24.3 Å². The van der Waals surface area contributed by atoms with E-state index in [4.69, 9.17) is 9.84 Å². The van der Waals surface area contributed by atoms with Crippen LogP contribution in [-0.4, -0.2) is 37.3 Å². The zero-order valence-corrected chi connectivity index (χ0v) is 11.0. The molecule has 0 saturated heterocycles. The van der Waals surface area contributed by atoms with Crippen molar-refractivity contribution in [2.75, 3.05) is 14.2 Å². The lowest BCUT2D eigenvalue weighted by atomic mass is 10.1. The highest BCUT2D eigenvalue weighted by atomic mass is 16.5. The zero-order valence-electron chi connectivity index (χ0n) is 11.0. The first-order valence-corrected chi connectivity index (χ1v) is 5.90. The van der Waals surface area contributed by atoms with Crippen LogP contribution in [0.15, 0.2) is 24.3 Å². The van der Waals surface area contributed by atoms with Gasteiger partial charge in [0.2, 0.25) is 0 Å². The summed E-state index contributed by atoms with van der Waals surface area (Å²) in [6.45, 7) is 0. The first-order chi connectivity index (χ1) is 9.06. The second-order valence-electron chi connectivity index (χ2n) is 4.00. The number of ether oxygens (including phenoxy) is 1. The molecule has 1 aromatic carbocycles. The van der Waals surface area contributed by atoms with E-state index in [1.165, 1.54) is 7.05 Å². The van der Waals surface area contributed by atoms with Gasteiger partial charge in [-0.15, -0.1) is 0 Å². The number of aliphatic carboxylic acids is 1. The van der Waals surface area contributed by atoms with Crippen molar-refractivity contribution in [3.05, 3.63) is 29.8 Å².